The van der Waals surface area contributed by atoms with E-state index in [9.17, 15) is 9.90 Å². The molecule has 4 heteroatoms. The summed E-state index contributed by atoms with van der Waals surface area (Å²) in [6.07, 6.45) is 3.07. The lowest BCUT2D eigenvalue weighted by Gasteiger charge is -2.02. The van der Waals surface area contributed by atoms with E-state index in [0.717, 1.165) is 11.3 Å². The van der Waals surface area contributed by atoms with Crippen LogP contribution in [-0.2, 0) is 0 Å². The molecular formula is C16H15NO3. The third-order valence-corrected chi connectivity index (χ3v) is 2.83. The van der Waals surface area contributed by atoms with Crippen LogP contribution in [0.2, 0.25) is 0 Å². The van der Waals surface area contributed by atoms with Gasteiger partial charge in [-0.25, -0.2) is 0 Å². The number of phenolic OH excluding ortho intramolecular Hbond substituents is 1. The van der Waals surface area contributed by atoms with Gasteiger partial charge in [-0.1, -0.05) is 18.2 Å². The van der Waals surface area contributed by atoms with Crippen molar-refractivity contribution >= 4 is 17.5 Å². The van der Waals surface area contributed by atoms with E-state index < -0.39 is 0 Å². The van der Waals surface area contributed by atoms with Crippen molar-refractivity contribution in [3.63, 3.8) is 0 Å². The molecule has 0 aliphatic carbocycles. The molecule has 20 heavy (non-hydrogen) atoms. The third-order valence-electron chi connectivity index (χ3n) is 2.83. The molecule has 0 heterocycles. The number of carbonyl (C=O) groups excluding carboxylic acids is 1. The van der Waals surface area contributed by atoms with Crippen molar-refractivity contribution < 1.29 is 14.6 Å². The van der Waals surface area contributed by atoms with Crippen LogP contribution >= 0.6 is 0 Å². The number of carbonyl (C=O) groups is 1. The zero-order valence-electron chi connectivity index (χ0n) is 11.0. The van der Waals surface area contributed by atoms with Crippen LogP contribution in [-0.4, -0.2) is 18.0 Å². The molecule has 0 fully saturated rings. The van der Waals surface area contributed by atoms with E-state index in [-0.39, 0.29) is 17.1 Å². The molecular weight excluding hydrogens is 254 g/mol. The second-order valence-electron chi connectivity index (χ2n) is 4.25. The van der Waals surface area contributed by atoms with Crippen LogP contribution in [0.5, 0.6) is 11.5 Å². The predicted octanol–water partition coefficient (Wildman–Crippen LogP) is 2.88. The van der Waals surface area contributed by atoms with Gasteiger partial charge in [-0.05, 0) is 42.0 Å². The van der Waals surface area contributed by atoms with E-state index in [1.54, 1.807) is 19.3 Å². The average Bonchev–Trinajstić information content (AvgIpc) is 2.47. The molecule has 0 unspecified atom stereocenters. The van der Waals surface area contributed by atoms with Crippen molar-refractivity contribution in [1.29, 1.82) is 0 Å². The highest BCUT2D eigenvalue weighted by Crippen LogP contribution is 2.21. The fourth-order valence-corrected chi connectivity index (χ4v) is 1.73. The molecule has 0 spiro atoms. The molecule has 0 aliphatic heterocycles. The largest absolute Gasteiger partial charge is 0.507 e. The second kappa shape index (κ2) is 5.93. The van der Waals surface area contributed by atoms with Crippen LogP contribution in [0.3, 0.4) is 0 Å². The summed E-state index contributed by atoms with van der Waals surface area (Å²) in [6.45, 7) is 0. The first-order chi connectivity index (χ1) is 9.60. The molecule has 102 valence electrons. The number of ketones is 1. The number of rotatable bonds is 4. The van der Waals surface area contributed by atoms with Crippen LogP contribution in [0.1, 0.15) is 15.9 Å². The van der Waals surface area contributed by atoms with E-state index >= 15 is 0 Å². The van der Waals surface area contributed by atoms with Gasteiger partial charge in [-0.15, -0.1) is 0 Å². The highest BCUT2D eigenvalue weighted by atomic mass is 16.5. The fourth-order valence-electron chi connectivity index (χ4n) is 1.73. The van der Waals surface area contributed by atoms with Gasteiger partial charge in [0, 0.05) is 5.69 Å². The van der Waals surface area contributed by atoms with Crippen LogP contribution in [0.4, 0.5) is 5.69 Å². The van der Waals surface area contributed by atoms with Crippen molar-refractivity contribution in [2.24, 2.45) is 0 Å². The minimum atomic E-state index is -0.300. The van der Waals surface area contributed by atoms with Crippen molar-refractivity contribution in [2.75, 3.05) is 12.8 Å². The van der Waals surface area contributed by atoms with Crippen LogP contribution in [0.15, 0.2) is 48.5 Å². The number of hydrogen-bond donors (Lipinski definition) is 2. The van der Waals surface area contributed by atoms with Gasteiger partial charge in [-0.2, -0.15) is 0 Å². The molecule has 0 aliphatic rings. The Morgan fingerprint density at radius 3 is 2.55 bits per heavy atom. The molecule has 0 bridgehead atoms. The molecule has 4 nitrogen and oxygen atoms in total. The summed E-state index contributed by atoms with van der Waals surface area (Å²) in [7, 11) is 1.59. The number of nitrogens with two attached hydrogens (primary N) is 1. The Labute approximate surface area is 117 Å². The molecule has 2 rings (SSSR count). The molecule has 0 atom stereocenters. The Kier molecular flexibility index (Phi) is 4.05. The van der Waals surface area contributed by atoms with E-state index in [1.807, 2.05) is 24.3 Å². The zero-order valence-corrected chi connectivity index (χ0v) is 11.0. The molecule has 2 aromatic carbocycles. The van der Waals surface area contributed by atoms with Gasteiger partial charge in [-0.3, -0.25) is 4.79 Å². The third kappa shape index (κ3) is 3.17. The first-order valence-electron chi connectivity index (χ1n) is 6.05. The smallest absolute Gasteiger partial charge is 0.189 e. The summed E-state index contributed by atoms with van der Waals surface area (Å²) in [5.74, 6) is 0.371. The van der Waals surface area contributed by atoms with Crippen LogP contribution < -0.4 is 10.5 Å². The maximum absolute atomic E-state index is 12.0. The summed E-state index contributed by atoms with van der Waals surface area (Å²) in [5, 5.41) is 9.64. The molecule has 0 radical (unpaired) electrons. The topological polar surface area (TPSA) is 72.5 Å². The number of allylic oxidation sites excluding steroid dienone is 1. The lowest BCUT2D eigenvalue weighted by Crippen LogP contribution is -1.97. The van der Waals surface area contributed by atoms with E-state index in [4.69, 9.17) is 10.5 Å². The molecule has 0 amide bonds. The van der Waals surface area contributed by atoms with Crippen LogP contribution in [0, 0.1) is 0 Å². The summed E-state index contributed by atoms with van der Waals surface area (Å²) in [6, 6.07) is 11.7. The van der Waals surface area contributed by atoms with E-state index in [0.29, 0.717) is 5.69 Å². The summed E-state index contributed by atoms with van der Waals surface area (Å²) in [5.41, 5.74) is 7.09. The SMILES string of the molecule is COc1ccc(/C=C/C(=O)c2cc(N)ccc2O)cc1. The van der Waals surface area contributed by atoms with Gasteiger partial charge in [0.25, 0.3) is 0 Å². The van der Waals surface area contributed by atoms with Gasteiger partial charge >= 0.3 is 0 Å². The molecule has 2 aromatic rings. The number of anilines is 1. The summed E-state index contributed by atoms with van der Waals surface area (Å²) >= 11 is 0. The Balaban J connectivity index is 2.17. The summed E-state index contributed by atoms with van der Waals surface area (Å²) < 4.78 is 5.06. The maximum atomic E-state index is 12.0. The Morgan fingerprint density at radius 2 is 1.90 bits per heavy atom. The van der Waals surface area contributed by atoms with Crippen molar-refractivity contribution in [1.82, 2.24) is 0 Å². The molecule has 0 saturated carbocycles. The molecule has 0 saturated heterocycles. The first-order valence-corrected chi connectivity index (χ1v) is 6.05. The Bertz CT molecular complexity index is 645. The zero-order chi connectivity index (χ0) is 14.5. The molecule has 3 N–H and O–H groups in total. The number of ether oxygens (including phenoxy) is 1. The van der Waals surface area contributed by atoms with Crippen molar-refractivity contribution in [3.8, 4) is 11.5 Å². The van der Waals surface area contributed by atoms with Gasteiger partial charge in [0.2, 0.25) is 0 Å². The Morgan fingerprint density at radius 1 is 1.20 bits per heavy atom. The lowest BCUT2D eigenvalue weighted by atomic mass is 10.1. The van der Waals surface area contributed by atoms with Gasteiger partial charge in [0.15, 0.2) is 5.78 Å². The molecule has 0 aromatic heterocycles. The second-order valence-corrected chi connectivity index (χ2v) is 4.25. The Hall–Kier alpha value is -2.75. The standard InChI is InChI=1S/C16H15NO3/c1-20-13-6-2-11(3-7-13)4-8-15(18)14-10-12(17)5-9-16(14)19/h2-10,19H,17H2,1H3/b8-4+. The van der Waals surface area contributed by atoms with Crippen molar-refractivity contribution in [3.05, 3.63) is 59.7 Å². The van der Waals surface area contributed by atoms with Gasteiger partial charge in [0.05, 0.1) is 12.7 Å². The highest BCUT2D eigenvalue weighted by molar-refractivity contribution is 6.09. The van der Waals surface area contributed by atoms with Crippen LogP contribution in [0.25, 0.3) is 6.08 Å². The van der Waals surface area contributed by atoms with E-state index in [1.165, 1.54) is 18.2 Å². The van der Waals surface area contributed by atoms with Gasteiger partial charge < -0.3 is 15.6 Å². The lowest BCUT2D eigenvalue weighted by molar-refractivity contribution is 0.104. The van der Waals surface area contributed by atoms with E-state index in [2.05, 4.69) is 0 Å². The first kappa shape index (κ1) is 13.7. The fraction of sp³-hybridized carbons (Fsp3) is 0.0625. The van der Waals surface area contributed by atoms with Gasteiger partial charge in [0.1, 0.15) is 11.5 Å². The summed E-state index contributed by atoms with van der Waals surface area (Å²) in [4.78, 5) is 12.0. The number of hydrogen-bond acceptors (Lipinski definition) is 4. The number of aromatic hydroxyl groups is 1. The number of phenols is 1. The number of benzene rings is 2. The normalized spacial score (nSPS) is 10.7. The minimum absolute atomic E-state index is 0.0800. The minimum Gasteiger partial charge on any atom is -0.507 e. The number of nitrogen functional groups attached to an aromatic ring is 1. The predicted molar refractivity (Wildman–Crippen MR) is 78.9 cm³/mol. The van der Waals surface area contributed by atoms with Crippen molar-refractivity contribution in [2.45, 2.75) is 0 Å². The average molecular weight is 269 g/mol. The highest BCUT2D eigenvalue weighted by Gasteiger charge is 2.08. The quantitative estimate of drug-likeness (QED) is 0.387. The maximum Gasteiger partial charge on any atom is 0.189 e. The monoisotopic (exact) mass is 269 g/mol. The number of methoxy groups -OCH3 is 1.